The van der Waals surface area contributed by atoms with Crippen LogP contribution in [0.4, 0.5) is 5.82 Å². The lowest BCUT2D eigenvalue weighted by molar-refractivity contribution is 0.601. The lowest BCUT2D eigenvalue weighted by atomic mass is 10.2. The molecular formula is C15H11ClN2O2S2. The van der Waals surface area contributed by atoms with Gasteiger partial charge in [-0.05, 0) is 12.1 Å². The molecule has 0 bridgehead atoms. The van der Waals surface area contributed by atoms with E-state index in [9.17, 15) is 8.42 Å². The summed E-state index contributed by atoms with van der Waals surface area (Å²) in [6.45, 7) is 0. The van der Waals surface area contributed by atoms with Crippen molar-refractivity contribution >= 4 is 38.8 Å². The molecule has 0 aliphatic heterocycles. The molecular weight excluding hydrogens is 340 g/mol. The standard InChI is InChI=1S/C15H11ClN2O2S2/c16-12-8-4-5-9-13(12)22(19,20)18-14-10-21-15(17-14)11-6-2-1-3-7-11/h1-10,18H. The van der Waals surface area contributed by atoms with Crippen LogP contribution in [0.3, 0.4) is 0 Å². The second kappa shape index (κ2) is 6.08. The zero-order valence-electron chi connectivity index (χ0n) is 11.2. The Labute approximate surface area is 137 Å². The second-order valence-corrected chi connectivity index (χ2v) is 7.36. The highest BCUT2D eigenvalue weighted by Crippen LogP contribution is 2.28. The number of rotatable bonds is 4. The van der Waals surface area contributed by atoms with Gasteiger partial charge in [-0.3, -0.25) is 4.72 Å². The average molecular weight is 351 g/mol. The van der Waals surface area contributed by atoms with Gasteiger partial charge in [0.05, 0.1) is 5.02 Å². The number of aromatic nitrogens is 1. The van der Waals surface area contributed by atoms with Gasteiger partial charge in [0.15, 0.2) is 5.82 Å². The third-order valence-corrected chi connectivity index (χ3v) is 5.64. The van der Waals surface area contributed by atoms with Gasteiger partial charge in [-0.1, -0.05) is 54.1 Å². The summed E-state index contributed by atoms with van der Waals surface area (Å²) in [5.74, 6) is 0.281. The van der Waals surface area contributed by atoms with Gasteiger partial charge in [0.1, 0.15) is 9.90 Å². The minimum absolute atomic E-state index is 0.0333. The minimum atomic E-state index is -3.75. The van der Waals surface area contributed by atoms with Gasteiger partial charge in [0.25, 0.3) is 10.0 Å². The van der Waals surface area contributed by atoms with Gasteiger partial charge >= 0.3 is 0 Å². The third-order valence-electron chi connectivity index (χ3n) is 2.89. The van der Waals surface area contributed by atoms with Gasteiger partial charge < -0.3 is 0 Å². The molecule has 22 heavy (non-hydrogen) atoms. The van der Waals surface area contributed by atoms with Crippen molar-refractivity contribution in [1.29, 1.82) is 0 Å². The molecule has 0 fully saturated rings. The molecule has 1 aromatic heterocycles. The van der Waals surface area contributed by atoms with Crippen molar-refractivity contribution in [2.24, 2.45) is 0 Å². The van der Waals surface area contributed by atoms with Crippen molar-refractivity contribution in [2.75, 3.05) is 4.72 Å². The molecule has 0 amide bonds. The summed E-state index contributed by atoms with van der Waals surface area (Å²) >= 11 is 7.31. The van der Waals surface area contributed by atoms with E-state index in [0.717, 1.165) is 10.6 Å². The molecule has 3 aromatic rings. The summed E-state index contributed by atoms with van der Waals surface area (Å²) in [5.41, 5.74) is 0.940. The van der Waals surface area contributed by atoms with E-state index in [1.807, 2.05) is 30.3 Å². The fourth-order valence-corrected chi connectivity index (χ4v) is 4.23. The van der Waals surface area contributed by atoms with Crippen molar-refractivity contribution in [3.05, 3.63) is 65.0 Å². The zero-order chi connectivity index (χ0) is 15.6. The van der Waals surface area contributed by atoms with Crippen LogP contribution >= 0.6 is 22.9 Å². The first-order valence-electron chi connectivity index (χ1n) is 6.34. The number of nitrogens with zero attached hydrogens (tertiary/aromatic N) is 1. The van der Waals surface area contributed by atoms with Crippen LogP contribution < -0.4 is 4.72 Å². The molecule has 7 heteroatoms. The Kier molecular flexibility index (Phi) is 4.15. The van der Waals surface area contributed by atoms with Crippen LogP contribution in [0, 0.1) is 0 Å². The number of anilines is 1. The van der Waals surface area contributed by atoms with Crippen LogP contribution in [0.1, 0.15) is 0 Å². The molecule has 4 nitrogen and oxygen atoms in total. The van der Waals surface area contributed by atoms with Crippen LogP contribution in [0.15, 0.2) is 64.9 Å². The number of benzene rings is 2. The van der Waals surface area contributed by atoms with Crippen molar-refractivity contribution in [1.82, 2.24) is 4.98 Å². The maximum Gasteiger partial charge on any atom is 0.264 e. The number of nitrogens with one attached hydrogen (secondary N) is 1. The predicted molar refractivity (Wildman–Crippen MR) is 89.8 cm³/mol. The van der Waals surface area contributed by atoms with Crippen LogP contribution in [0.25, 0.3) is 10.6 Å². The SMILES string of the molecule is O=S(=O)(Nc1csc(-c2ccccc2)n1)c1ccccc1Cl. The van der Waals surface area contributed by atoms with E-state index in [2.05, 4.69) is 9.71 Å². The highest BCUT2D eigenvalue weighted by atomic mass is 35.5. The quantitative estimate of drug-likeness (QED) is 0.764. The molecule has 1 heterocycles. The lowest BCUT2D eigenvalue weighted by Crippen LogP contribution is -2.13. The Morgan fingerprint density at radius 2 is 1.68 bits per heavy atom. The Bertz CT molecular complexity index is 893. The number of hydrogen-bond donors (Lipinski definition) is 1. The van der Waals surface area contributed by atoms with E-state index in [0.29, 0.717) is 0 Å². The Morgan fingerprint density at radius 1 is 1.00 bits per heavy atom. The number of thiazole rings is 1. The van der Waals surface area contributed by atoms with Crippen molar-refractivity contribution in [3.8, 4) is 10.6 Å². The summed E-state index contributed by atoms with van der Waals surface area (Å²) in [4.78, 5) is 4.34. The highest BCUT2D eigenvalue weighted by molar-refractivity contribution is 7.92. The molecule has 3 rings (SSSR count). The van der Waals surface area contributed by atoms with Crippen LogP contribution in [0.5, 0.6) is 0 Å². The summed E-state index contributed by atoms with van der Waals surface area (Å²) in [6, 6.07) is 15.9. The van der Waals surface area contributed by atoms with Gasteiger partial charge in [-0.25, -0.2) is 13.4 Å². The normalized spacial score (nSPS) is 11.3. The van der Waals surface area contributed by atoms with E-state index in [-0.39, 0.29) is 15.7 Å². The van der Waals surface area contributed by atoms with E-state index in [1.54, 1.807) is 17.5 Å². The summed E-state index contributed by atoms with van der Waals surface area (Å²) < 4.78 is 27.1. The summed E-state index contributed by atoms with van der Waals surface area (Å²) in [7, 11) is -3.75. The van der Waals surface area contributed by atoms with Gasteiger partial charge in [-0.15, -0.1) is 11.3 Å². The zero-order valence-corrected chi connectivity index (χ0v) is 13.6. The number of halogens is 1. The maximum atomic E-state index is 12.3. The van der Waals surface area contributed by atoms with E-state index in [4.69, 9.17) is 11.6 Å². The number of sulfonamides is 1. The molecule has 0 saturated carbocycles. The molecule has 0 saturated heterocycles. The molecule has 0 spiro atoms. The van der Waals surface area contributed by atoms with Gasteiger partial charge in [-0.2, -0.15) is 0 Å². The van der Waals surface area contributed by atoms with Crippen LogP contribution in [-0.2, 0) is 10.0 Å². The van der Waals surface area contributed by atoms with Crippen molar-refractivity contribution in [2.45, 2.75) is 4.90 Å². The molecule has 0 atom stereocenters. The first-order valence-corrected chi connectivity index (χ1v) is 9.09. The predicted octanol–water partition coefficient (Wildman–Crippen LogP) is 4.26. The average Bonchev–Trinajstić information content (AvgIpc) is 2.96. The van der Waals surface area contributed by atoms with E-state index >= 15 is 0 Å². The second-order valence-electron chi connectivity index (χ2n) is 4.44. The van der Waals surface area contributed by atoms with Crippen molar-refractivity contribution in [3.63, 3.8) is 0 Å². The van der Waals surface area contributed by atoms with Gasteiger partial charge in [0.2, 0.25) is 0 Å². The van der Waals surface area contributed by atoms with E-state index in [1.165, 1.54) is 23.5 Å². The molecule has 0 radical (unpaired) electrons. The first-order chi connectivity index (χ1) is 10.6. The summed E-state index contributed by atoms with van der Waals surface area (Å²) in [5, 5.41) is 2.59. The monoisotopic (exact) mass is 350 g/mol. The molecule has 0 aliphatic rings. The molecule has 0 aliphatic carbocycles. The maximum absolute atomic E-state index is 12.3. The van der Waals surface area contributed by atoms with Crippen LogP contribution in [-0.4, -0.2) is 13.4 Å². The fourth-order valence-electron chi connectivity index (χ4n) is 1.89. The Hall–Kier alpha value is -1.89. The smallest absolute Gasteiger partial charge is 0.263 e. The number of hydrogen-bond acceptors (Lipinski definition) is 4. The molecule has 0 unspecified atom stereocenters. The molecule has 1 N–H and O–H groups in total. The Balaban J connectivity index is 1.88. The molecule has 2 aromatic carbocycles. The van der Waals surface area contributed by atoms with Gasteiger partial charge in [0, 0.05) is 10.9 Å². The largest absolute Gasteiger partial charge is 0.264 e. The summed E-state index contributed by atoms with van der Waals surface area (Å²) in [6.07, 6.45) is 0. The lowest BCUT2D eigenvalue weighted by Gasteiger charge is -2.06. The highest BCUT2D eigenvalue weighted by Gasteiger charge is 2.18. The topological polar surface area (TPSA) is 59.1 Å². The third kappa shape index (κ3) is 3.14. The van der Waals surface area contributed by atoms with E-state index < -0.39 is 10.0 Å². The molecule has 112 valence electrons. The minimum Gasteiger partial charge on any atom is -0.263 e. The fraction of sp³-hybridized carbons (Fsp3) is 0. The first kappa shape index (κ1) is 15.0. The Morgan fingerprint density at radius 3 is 2.41 bits per heavy atom. The van der Waals surface area contributed by atoms with Crippen LogP contribution in [0.2, 0.25) is 5.02 Å². The van der Waals surface area contributed by atoms with Crippen molar-refractivity contribution < 1.29 is 8.42 Å².